The van der Waals surface area contributed by atoms with E-state index in [-0.39, 0.29) is 5.97 Å². The topological polar surface area (TPSA) is 52.3 Å². The fourth-order valence-corrected chi connectivity index (χ4v) is 2.61. The monoisotopic (exact) mass is 275 g/mol. The van der Waals surface area contributed by atoms with Gasteiger partial charge in [0.05, 0.1) is 6.61 Å². The summed E-state index contributed by atoms with van der Waals surface area (Å²) in [4.78, 5) is 12.1. The van der Waals surface area contributed by atoms with Crippen LogP contribution in [0.3, 0.4) is 0 Å². The van der Waals surface area contributed by atoms with Crippen molar-refractivity contribution < 1.29 is 9.53 Å². The molecule has 100 valence electrons. The van der Waals surface area contributed by atoms with E-state index < -0.39 is 0 Å². The first-order chi connectivity index (χ1) is 9.13. The Morgan fingerprint density at radius 3 is 2.63 bits per heavy atom. The molecule has 0 radical (unpaired) electrons. The van der Waals surface area contributed by atoms with Crippen LogP contribution in [0.4, 0.5) is 5.00 Å². The number of aryl methyl sites for hydroxylation is 1. The summed E-state index contributed by atoms with van der Waals surface area (Å²) in [7, 11) is 0. The van der Waals surface area contributed by atoms with Gasteiger partial charge in [0, 0.05) is 10.9 Å². The van der Waals surface area contributed by atoms with Crippen molar-refractivity contribution in [3.63, 3.8) is 0 Å². The van der Waals surface area contributed by atoms with Gasteiger partial charge in [0.2, 0.25) is 0 Å². The average Bonchev–Trinajstić information content (AvgIpc) is 2.79. The van der Waals surface area contributed by atoms with Gasteiger partial charge in [-0.3, -0.25) is 0 Å². The number of nitrogen functional groups attached to an aromatic ring is 1. The van der Waals surface area contributed by atoms with E-state index in [1.54, 1.807) is 0 Å². The average molecular weight is 275 g/mol. The van der Waals surface area contributed by atoms with E-state index >= 15 is 0 Å². The Morgan fingerprint density at radius 1 is 1.32 bits per heavy atom. The second kappa shape index (κ2) is 5.89. The predicted octanol–water partition coefficient (Wildman–Crippen LogP) is 3.87. The SMILES string of the molecule is CCCOC(=O)c1c(-c2ccc(C)cc2)csc1N. The van der Waals surface area contributed by atoms with Crippen molar-refractivity contribution >= 4 is 22.3 Å². The van der Waals surface area contributed by atoms with Gasteiger partial charge < -0.3 is 10.5 Å². The second-order valence-corrected chi connectivity index (χ2v) is 5.30. The third-order valence-corrected chi connectivity index (χ3v) is 3.64. The van der Waals surface area contributed by atoms with E-state index in [9.17, 15) is 4.79 Å². The fraction of sp³-hybridized carbons (Fsp3) is 0.267. The van der Waals surface area contributed by atoms with Crippen molar-refractivity contribution in [3.05, 3.63) is 40.8 Å². The lowest BCUT2D eigenvalue weighted by Crippen LogP contribution is -2.08. The van der Waals surface area contributed by atoms with Crippen molar-refractivity contribution in [2.24, 2.45) is 0 Å². The second-order valence-electron chi connectivity index (χ2n) is 4.39. The lowest BCUT2D eigenvalue weighted by molar-refractivity contribution is 0.0508. The molecule has 0 unspecified atom stereocenters. The first-order valence-electron chi connectivity index (χ1n) is 6.24. The number of anilines is 1. The summed E-state index contributed by atoms with van der Waals surface area (Å²) in [5.41, 5.74) is 9.41. The number of benzene rings is 1. The van der Waals surface area contributed by atoms with Gasteiger partial charge in [-0.25, -0.2) is 4.79 Å². The standard InChI is InChI=1S/C15H17NO2S/c1-3-8-18-15(17)13-12(9-19-14(13)16)11-6-4-10(2)5-7-11/h4-7,9H,3,8,16H2,1-2H3. The molecule has 4 heteroatoms. The summed E-state index contributed by atoms with van der Waals surface area (Å²) < 4.78 is 5.19. The number of nitrogens with two attached hydrogens (primary N) is 1. The van der Waals surface area contributed by atoms with Gasteiger partial charge >= 0.3 is 5.97 Å². The molecule has 2 aromatic rings. The Hall–Kier alpha value is -1.81. The van der Waals surface area contributed by atoms with Crippen LogP contribution in [-0.4, -0.2) is 12.6 Å². The maximum absolute atomic E-state index is 12.1. The van der Waals surface area contributed by atoms with Crippen molar-refractivity contribution in [3.8, 4) is 11.1 Å². The van der Waals surface area contributed by atoms with Crippen LogP contribution in [-0.2, 0) is 4.74 Å². The Labute approximate surface area is 117 Å². The van der Waals surface area contributed by atoms with Crippen molar-refractivity contribution in [1.29, 1.82) is 0 Å². The Bertz CT molecular complexity index is 572. The molecule has 0 fully saturated rings. The van der Waals surface area contributed by atoms with E-state index in [0.29, 0.717) is 17.2 Å². The van der Waals surface area contributed by atoms with Gasteiger partial charge in [-0.05, 0) is 18.9 Å². The molecule has 1 aromatic heterocycles. The quantitative estimate of drug-likeness (QED) is 0.862. The maximum Gasteiger partial charge on any atom is 0.341 e. The van der Waals surface area contributed by atoms with Crippen molar-refractivity contribution in [2.75, 3.05) is 12.3 Å². The minimum atomic E-state index is -0.337. The molecule has 2 rings (SSSR count). The Kier molecular flexibility index (Phi) is 4.22. The molecule has 19 heavy (non-hydrogen) atoms. The zero-order chi connectivity index (χ0) is 13.8. The molecule has 3 nitrogen and oxygen atoms in total. The van der Waals surface area contributed by atoms with E-state index in [1.807, 2.05) is 43.5 Å². The highest BCUT2D eigenvalue weighted by Crippen LogP contribution is 2.34. The molecule has 0 atom stereocenters. The summed E-state index contributed by atoms with van der Waals surface area (Å²) in [6, 6.07) is 8.02. The highest BCUT2D eigenvalue weighted by Gasteiger charge is 2.19. The minimum absolute atomic E-state index is 0.337. The summed E-state index contributed by atoms with van der Waals surface area (Å²) in [5.74, 6) is -0.337. The lowest BCUT2D eigenvalue weighted by atomic mass is 10.0. The number of hydrogen-bond donors (Lipinski definition) is 1. The van der Waals surface area contributed by atoms with Crippen LogP contribution in [0, 0.1) is 6.92 Å². The number of carbonyl (C=O) groups excluding carboxylic acids is 1. The van der Waals surface area contributed by atoms with Gasteiger partial charge in [-0.1, -0.05) is 36.8 Å². The van der Waals surface area contributed by atoms with Gasteiger partial charge in [0.15, 0.2) is 0 Å². The molecular formula is C15H17NO2S. The minimum Gasteiger partial charge on any atom is -0.462 e. The van der Waals surface area contributed by atoms with Crippen LogP contribution >= 0.6 is 11.3 Å². The van der Waals surface area contributed by atoms with Crippen LogP contribution in [0.1, 0.15) is 29.3 Å². The van der Waals surface area contributed by atoms with Gasteiger partial charge in [0.1, 0.15) is 10.6 Å². The van der Waals surface area contributed by atoms with Crippen LogP contribution in [0.2, 0.25) is 0 Å². The summed E-state index contributed by atoms with van der Waals surface area (Å²) >= 11 is 1.37. The molecule has 0 aliphatic carbocycles. The first kappa shape index (κ1) is 13.6. The van der Waals surface area contributed by atoms with Crippen LogP contribution < -0.4 is 5.73 Å². The number of ether oxygens (including phenoxy) is 1. The number of carbonyl (C=O) groups is 1. The number of thiophene rings is 1. The van der Waals surface area contributed by atoms with Crippen LogP contribution in [0.25, 0.3) is 11.1 Å². The lowest BCUT2D eigenvalue weighted by Gasteiger charge is -2.06. The fourth-order valence-electron chi connectivity index (χ4n) is 1.80. The molecule has 0 amide bonds. The Balaban J connectivity index is 2.37. The van der Waals surface area contributed by atoms with Gasteiger partial charge in [0.25, 0.3) is 0 Å². The van der Waals surface area contributed by atoms with Gasteiger partial charge in [-0.15, -0.1) is 11.3 Å². The van der Waals surface area contributed by atoms with Crippen molar-refractivity contribution in [1.82, 2.24) is 0 Å². The zero-order valence-electron chi connectivity index (χ0n) is 11.1. The summed E-state index contributed by atoms with van der Waals surface area (Å²) in [6.45, 7) is 4.41. The van der Waals surface area contributed by atoms with Gasteiger partial charge in [-0.2, -0.15) is 0 Å². The maximum atomic E-state index is 12.1. The molecule has 0 bridgehead atoms. The molecule has 0 saturated carbocycles. The van der Waals surface area contributed by atoms with E-state index in [0.717, 1.165) is 17.5 Å². The largest absolute Gasteiger partial charge is 0.462 e. The molecule has 0 saturated heterocycles. The smallest absolute Gasteiger partial charge is 0.341 e. The molecule has 2 N–H and O–H groups in total. The van der Waals surface area contributed by atoms with E-state index in [1.165, 1.54) is 16.9 Å². The molecule has 0 aliphatic rings. The number of esters is 1. The van der Waals surface area contributed by atoms with Crippen LogP contribution in [0.15, 0.2) is 29.6 Å². The van der Waals surface area contributed by atoms with E-state index in [2.05, 4.69) is 0 Å². The number of hydrogen-bond acceptors (Lipinski definition) is 4. The molecule has 1 heterocycles. The zero-order valence-corrected chi connectivity index (χ0v) is 11.9. The van der Waals surface area contributed by atoms with E-state index in [4.69, 9.17) is 10.5 Å². The summed E-state index contributed by atoms with van der Waals surface area (Å²) in [6.07, 6.45) is 0.801. The summed E-state index contributed by atoms with van der Waals surface area (Å²) in [5, 5.41) is 2.42. The number of rotatable bonds is 4. The molecule has 0 aliphatic heterocycles. The predicted molar refractivity (Wildman–Crippen MR) is 79.5 cm³/mol. The van der Waals surface area contributed by atoms with Crippen LogP contribution in [0.5, 0.6) is 0 Å². The molecule has 1 aromatic carbocycles. The highest BCUT2D eigenvalue weighted by atomic mass is 32.1. The first-order valence-corrected chi connectivity index (χ1v) is 7.12. The molecular weight excluding hydrogens is 258 g/mol. The third-order valence-electron chi connectivity index (χ3n) is 2.82. The normalized spacial score (nSPS) is 10.4. The third kappa shape index (κ3) is 2.96. The highest BCUT2D eigenvalue weighted by molar-refractivity contribution is 7.14. The Morgan fingerprint density at radius 2 is 2.00 bits per heavy atom. The molecule has 0 spiro atoms. The van der Waals surface area contributed by atoms with Crippen molar-refractivity contribution in [2.45, 2.75) is 20.3 Å².